The molecule has 3 aromatic rings. The lowest BCUT2D eigenvalue weighted by molar-refractivity contribution is -0.704. The molecular formula is C18H14N3O4+. The maximum Gasteiger partial charge on any atom is 0.269 e. The average molecular weight is 336 g/mol. The highest BCUT2D eigenvalue weighted by Gasteiger charge is 2.24. The van der Waals surface area contributed by atoms with E-state index in [9.17, 15) is 20.2 Å². The molecule has 1 aromatic heterocycles. The van der Waals surface area contributed by atoms with Gasteiger partial charge in [-0.15, -0.1) is 0 Å². The molecule has 1 heterocycles. The maximum atomic E-state index is 10.9. The van der Waals surface area contributed by atoms with Crippen LogP contribution < -0.4 is 4.57 Å². The molecule has 0 amide bonds. The van der Waals surface area contributed by atoms with E-state index in [2.05, 4.69) is 0 Å². The minimum atomic E-state index is -0.444. The number of nitrogens with zero attached hydrogens (tertiary/aromatic N) is 3. The van der Waals surface area contributed by atoms with Crippen molar-refractivity contribution in [3.8, 4) is 0 Å². The number of hydrogen-bond donors (Lipinski definition) is 0. The van der Waals surface area contributed by atoms with Gasteiger partial charge in [0.1, 0.15) is 0 Å². The summed E-state index contributed by atoms with van der Waals surface area (Å²) in [7, 11) is 0. The largest absolute Gasteiger partial charge is 0.269 e. The van der Waals surface area contributed by atoms with Crippen LogP contribution >= 0.6 is 0 Å². The molecule has 7 nitrogen and oxygen atoms in total. The third kappa shape index (κ3) is 3.50. The summed E-state index contributed by atoms with van der Waals surface area (Å²) < 4.78 is 1.95. The van der Waals surface area contributed by atoms with Crippen molar-refractivity contribution in [3.63, 3.8) is 0 Å². The first kappa shape index (κ1) is 16.3. The van der Waals surface area contributed by atoms with Crippen LogP contribution in [-0.2, 0) is 0 Å². The van der Waals surface area contributed by atoms with Crippen LogP contribution in [0.1, 0.15) is 17.2 Å². The molecular weight excluding hydrogens is 322 g/mol. The molecule has 124 valence electrons. The monoisotopic (exact) mass is 336 g/mol. The van der Waals surface area contributed by atoms with Gasteiger partial charge in [-0.3, -0.25) is 20.2 Å². The zero-order chi connectivity index (χ0) is 17.8. The van der Waals surface area contributed by atoms with Gasteiger partial charge in [0.2, 0.25) is 6.04 Å². The molecule has 0 fully saturated rings. The Kier molecular flexibility index (Phi) is 4.47. The van der Waals surface area contributed by atoms with Crippen molar-refractivity contribution < 1.29 is 14.4 Å². The second-order valence-corrected chi connectivity index (χ2v) is 5.42. The molecule has 2 aromatic carbocycles. The minimum Gasteiger partial charge on any atom is -0.258 e. The van der Waals surface area contributed by atoms with E-state index in [1.54, 1.807) is 24.3 Å². The second kappa shape index (κ2) is 6.88. The van der Waals surface area contributed by atoms with Crippen molar-refractivity contribution in [1.82, 2.24) is 0 Å². The molecule has 0 radical (unpaired) electrons. The Morgan fingerprint density at radius 3 is 1.44 bits per heavy atom. The molecule has 0 saturated carbocycles. The van der Waals surface area contributed by atoms with E-state index >= 15 is 0 Å². The molecule has 0 aliphatic heterocycles. The Morgan fingerprint density at radius 2 is 1.08 bits per heavy atom. The van der Waals surface area contributed by atoms with Crippen molar-refractivity contribution in [2.75, 3.05) is 0 Å². The van der Waals surface area contributed by atoms with E-state index in [1.165, 1.54) is 24.3 Å². The van der Waals surface area contributed by atoms with Gasteiger partial charge in [-0.2, -0.15) is 4.57 Å². The van der Waals surface area contributed by atoms with Crippen molar-refractivity contribution in [2.24, 2.45) is 0 Å². The Hall–Kier alpha value is -3.61. The van der Waals surface area contributed by atoms with Crippen molar-refractivity contribution >= 4 is 11.4 Å². The lowest BCUT2D eigenvalue weighted by Gasteiger charge is -2.13. The molecule has 25 heavy (non-hydrogen) atoms. The summed E-state index contributed by atoms with van der Waals surface area (Å²) in [5, 5.41) is 21.7. The summed E-state index contributed by atoms with van der Waals surface area (Å²) in [6.45, 7) is 0. The summed E-state index contributed by atoms with van der Waals surface area (Å²) in [6.07, 6.45) is 3.76. The van der Waals surface area contributed by atoms with E-state index < -0.39 is 9.85 Å². The van der Waals surface area contributed by atoms with Crippen LogP contribution in [0, 0.1) is 20.2 Å². The summed E-state index contributed by atoms with van der Waals surface area (Å²) in [4.78, 5) is 20.8. The predicted octanol–water partition coefficient (Wildman–Crippen LogP) is 3.43. The number of rotatable bonds is 5. The van der Waals surface area contributed by atoms with Crippen LogP contribution in [0.3, 0.4) is 0 Å². The van der Waals surface area contributed by atoms with Crippen molar-refractivity contribution in [1.29, 1.82) is 0 Å². The summed E-state index contributed by atoms with van der Waals surface area (Å²) in [6, 6.07) is 18.0. The first-order valence-electron chi connectivity index (χ1n) is 7.51. The zero-order valence-corrected chi connectivity index (χ0v) is 13.1. The van der Waals surface area contributed by atoms with Crippen LogP contribution in [0.5, 0.6) is 0 Å². The SMILES string of the molecule is O=[N+]([O-])c1ccc(C(c2ccc([N+](=O)[O-])cc2)[n+]2ccccc2)cc1. The molecule has 3 rings (SSSR count). The highest BCUT2D eigenvalue weighted by molar-refractivity contribution is 5.40. The van der Waals surface area contributed by atoms with Crippen molar-refractivity contribution in [2.45, 2.75) is 6.04 Å². The molecule has 0 spiro atoms. The Bertz CT molecular complexity index is 836. The van der Waals surface area contributed by atoms with Gasteiger partial charge in [0.15, 0.2) is 12.4 Å². The molecule has 0 bridgehead atoms. The number of benzene rings is 2. The highest BCUT2D eigenvalue weighted by atomic mass is 16.6. The first-order valence-corrected chi connectivity index (χ1v) is 7.51. The number of nitro benzene ring substituents is 2. The van der Waals surface area contributed by atoms with Gasteiger partial charge in [-0.25, -0.2) is 0 Å². The van der Waals surface area contributed by atoms with E-state index in [1.807, 2.05) is 35.2 Å². The third-order valence-corrected chi connectivity index (χ3v) is 3.88. The van der Waals surface area contributed by atoms with E-state index in [-0.39, 0.29) is 17.4 Å². The summed E-state index contributed by atoms with van der Waals surface area (Å²) in [5.41, 5.74) is 1.72. The first-order chi connectivity index (χ1) is 12.1. The minimum absolute atomic E-state index is 0.0178. The molecule has 0 aliphatic carbocycles. The number of aromatic nitrogens is 1. The molecule has 0 unspecified atom stereocenters. The number of hydrogen-bond acceptors (Lipinski definition) is 4. The van der Waals surface area contributed by atoms with E-state index in [0.29, 0.717) is 0 Å². The highest BCUT2D eigenvalue weighted by Crippen LogP contribution is 2.25. The standard InChI is InChI=1S/C18H14N3O4/c22-20(23)16-8-4-14(5-9-16)18(19-12-2-1-3-13-19)15-6-10-17(11-7-15)21(24)25/h1-13,18H/q+1. The molecule has 0 aliphatic rings. The average Bonchev–Trinajstić information content (AvgIpc) is 2.64. The quantitative estimate of drug-likeness (QED) is 0.405. The molecule has 0 N–H and O–H groups in total. The third-order valence-electron chi connectivity index (χ3n) is 3.88. The Labute approximate surface area is 143 Å². The van der Waals surface area contributed by atoms with Gasteiger partial charge in [-0.05, 0) is 24.3 Å². The predicted molar refractivity (Wildman–Crippen MR) is 90.1 cm³/mol. The van der Waals surface area contributed by atoms with Gasteiger partial charge in [0, 0.05) is 47.5 Å². The van der Waals surface area contributed by atoms with Crippen LogP contribution in [-0.4, -0.2) is 9.85 Å². The molecule has 0 saturated heterocycles. The summed E-state index contributed by atoms with van der Waals surface area (Å²) in [5.74, 6) is 0. The molecule has 0 atom stereocenters. The second-order valence-electron chi connectivity index (χ2n) is 5.42. The van der Waals surface area contributed by atoms with Crippen LogP contribution in [0.25, 0.3) is 0 Å². The Balaban J connectivity index is 2.07. The fraction of sp³-hybridized carbons (Fsp3) is 0.0556. The topological polar surface area (TPSA) is 90.2 Å². The van der Waals surface area contributed by atoms with E-state index in [0.717, 1.165) is 11.1 Å². The lowest BCUT2D eigenvalue weighted by atomic mass is 9.97. The fourth-order valence-corrected chi connectivity index (χ4v) is 2.68. The van der Waals surface area contributed by atoms with Gasteiger partial charge in [-0.1, -0.05) is 6.07 Å². The lowest BCUT2D eigenvalue weighted by Crippen LogP contribution is -2.39. The number of non-ortho nitro benzene ring substituents is 2. The maximum absolute atomic E-state index is 10.9. The normalized spacial score (nSPS) is 10.6. The van der Waals surface area contributed by atoms with Gasteiger partial charge in [0.05, 0.1) is 9.85 Å². The van der Waals surface area contributed by atoms with Crippen LogP contribution in [0.15, 0.2) is 79.1 Å². The Morgan fingerprint density at radius 1 is 0.680 bits per heavy atom. The zero-order valence-electron chi connectivity index (χ0n) is 13.1. The smallest absolute Gasteiger partial charge is 0.258 e. The van der Waals surface area contributed by atoms with Gasteiger partial charge < -0.3 is 0 Å². The number of pyridine rings is 1. The van der Waals surface area contributed by atoms with Gasteiger partial charge in [0.25, 0.3) is 11.4 Å². The summed E-state index contributed by atoms with van der Waals surface area (Å²) >= 11 is 0. The number of nitro groups is 2. The van der Waals surface area contributed by atoms with Crippen molar-refractivity contribution in [3.05, 3.63) is 110 Å². The van der Waals surface area contributed by atoms with Crippen LogP contribution in [0.2, 0.25) is 0 Å². The molecule has 7 heteroatoms. The fourth-order valence-electron chi connectivity index (χ4n) is 2.68. The van der Waals surface area contributed by atoms with Gasteiger partial charge >= 0.3 is 0 Å². The van der Waals surface area contributed by atoms with Crippen LogP contribution in [0.4, 0.5) is 11.4 Å². The van der Waals surface area contributed by atoms with E-state index in [4.69, 9.17) is 0 Å².